The summed E-state index contributed by atoms with van der Waals surface area (Å²) in [6.07, 6.45) is -4.42. The van der Waals surface area contributed by atoms with Crippen LogP contribution in [-0.4, -0.2) is 55.7 Å². The number of amides is 1. The van der Waals surface area contributed by atoms with E-state index in [0.717, 1.165) is 0 Å². The lowest BCUT2D eigenvalue weighted by Gasteiger charge is -2.35. The smallest absolute Gasteiger partial charge is 0.354 e. The van der Waals surface area contributed by atoms with Crippen molar-refractivity contribution < 1.29 is 18.0 Å². The van der Waals surface area contributed by atoms with E-state index in [4.69, 9.17) is 11.6 Å². The van der Waals surface area contributed by atoms with Crippen molar-refractivity contribution in [2.24, 2.45) is 0 Å². The number of carbonyl (C=O) groups excluding carboxylic acids is 1. The van der Waals surface area contributed by atoms with Gasteiger partial charge in [0.05, 0.1) is 6.42 Å². The predicted octanol–water partition coefficient (Wildman–Crippen LogP) is 1.83. The molecule has 1 unspecified atom stereocenters. The molecule has 0 aliphatic carbocycles. The van der Waals surface area contributed by atoms with Gasteiger partial charge in [0.25, 0.3) is 0 Å². The van der Waals surface area contributed by atoms with Crippen molar-refractivity contribution in [3.05, 3.63) is 34.9 Å². The first-order valence-electron chi connectivity index (χ1n) is 7.39. The van der Waals surface area contributed by atoms with Crippen LogP contribution in [0.2, 0.25) is 5.02 Å². The van der Waals surface area contributed by atoms with Crippen molar-refractivity contribution in [1.29, 1.82) is 0 Å². The Balaban J connectivity index is 1.92. The molecular formula is C15H19ClF3N3O. The summed E-state index contributed by atoms with van der Waals surface area (Å²) in [5, 5.41) is 5.82. The summed E-state index contributed by atoms with van der Waals surface area (Å²) in [6.45, 7) is 1.20. The summed E-state index contributed by atoms with van der Waals surface area (Å²) in [5.74, 6) is -0.470. The summed E-state index contributed by atoms with van der Waals surface area (Å²) < 4.78 is 39.6. The molecule has 0 aromatic heterocycles. The number of benzene rings is 1. The zero-order valence-corrected chi connectivity index (χ0v) is 13.3. The molecule has 1 aromatic carbocycles. The maximum Gasteiger partial charge on any atom is 0.405 e. The molecule has 1 aliphatic rings. The van der Waals surface area contributed by atoms with Gasteiger partial charge in [0.1, 0.15) is 6.04 Å². The van der Waals surface area contributed by atoms with Gasteiger partial charge < -0.3 is 10.6 Å². The molecule has 0 saturated carbocycles. The molecular weight excluding hydrogens is 331 g/mol. The molecule has 1 saturated heterocycles. The summed E-state index contributed by atoms with van der Waals surface area (Å²) >= 11 is 5.95. The van der Waals surface area contributed by atoms with E-state index < -0.39 is 24.7 Å². The molecule has 1 atom stereocenters. The molecule has 1 aromatic rings. The Morgan fingerprint density at radius 2 is 1.96 bits per heavy atom. The monoisotopic (exact) mass is 349 g/mol. The van der Waals surface area contributed by atoms with Crippen molar-refractivity contribution >= 4 is 17.5 Å². The second-order valence-corrected chi connectivity index (χ2v) is 5.82. The lowest BCUT2D eigenvalue weighted by molar-refractivity contribution is -0.184. The molecule has 1 amide bonds. The third-order valence-electron chi connectivity index (χ3n) is 3.77. The molecule has 128 valence electrons. The van der Waals surface area contributed by atoms with Crippen molar-refractivity contribution in [3.63, 3.8) is 0 Å². The van der Waals surface area contributed by atoms with Crippen LogP contribution in [0.25, 0.3) is 0 Å². The fourth-order valence-electron chi connectivity index (χ4n) is 2.53. The van der Waals surface area contributed by atoms with Crippen LogP contribution >= 0.6 is 11.6 Å². The van der Waals surface area contributed by atoms with E-state index >= 15 is 0 Å². The van der Waals surface area contributed by atoms with Crippen LogP contribution in [-0.2, 0) is 11.2 Å². The molecule has 2 N–H and O–H groups in total. The Labute approximate surface area is 138 Å². The van der Waals surface area contributed by atoms with Crippen molar-refractivity contribution in [2.45, 2.75) is 18.6 Å². The molecule has 4 nitrogen and oxygen atoms in total. The highest BCUT2D eigenvalue weighted by Gasteiger charge is 2.43. The van der Waals surface area contributed by atoms with Gasteiger partial charge in [0.15, 0.2) is 0 Å². The molecule has 0 bridgehead atoms. The van der Waals surface area contributed by atoms with Crippen LogP contribution < -0.4 is 10.6 Å². The zero-order valence-electron chi connectivity index (χ0n) is 12.5. The van der Waals surface area contributed by atoms with Gasteiger partial charge in [-0.2, -0.15) is 13.2 Å². The fourth-order valence-corrected chi connectivity index (χ4v) is 2.74. The number of hydrogen-bond acceptors (Lipinski definition) is 3. The average Bonchev–Trinajstić information content (AvgIpc) is 2.49. The molecule has 1 heterocycles. The molecule has 1 aliphatic heterocycles. The van der Waals surface area contributed by atoms with E-state index in [1.54, 1.807) is 24.3 Å². The first kappa shape index (κ1) is 18.0. The number of rotatable bonds is 5. The van der Waals surface area contributed by atoms with Crippen molar-refractivity contribution in [2.75, 3.05) is 32.7 Å². The highest BCUT2D eigenvalue weighted by atomic mass is 35.5. The van der Waals surface area contributed by atoms with E-state index in [2.05, 4.69) is 10.6 Å². The second kappa shape index (κ2) is 7.99. The number of nitrogens with zero attached hydrogens (tertiary/aromatic N) is 1. The highest BCUT2D eigenvalue weighted by Crippen LogP contribution is 2.25. The third-order valence-corrected chi connectivity index (χ3v) is 4.14. The van der Waals surface area contributed by atoms with Crippen molar-refractivity contribution in [1.82, 2.24) is 15.5 Å². The Morgan fingerprint density at radius 3 is 2.57 bits per heavy atom. The Hall–Kier alpha value is -1.31. The Kier molecular flexibility index (Phi) is 6.26. The molecule has 8 heteroatoms. The van der Waals surface area contributed by atoms with Crippen LogP contribution in [0.1, 0.15) is 5.56 Å². The highest BCUT2D eigenvalue weighted by molar-refractivity contribution is 6.31. The fraction of sp³-hybridized carbons (Fsp3) is 0.533. The minimum absolute atomic E-state index is 0.0359. The maximum absolute atomic E-state index is 13.2. The van der Waals surface area contributed by atoms with Gasteiger partial charge in [-0.1, -0.05) is 29.8 Å². The van der Waals surface area contributed by atoms with Gasteiger partial charge in [0.2, 0.25) is 5.91 Å². The van der Waals surface area contributed by atoms with E-state index in [9.17, 15) is 18.0 Å². The van der Waals surface area contributed by atoms with E-state index in [1.165, 1.54) is 4.90 Å². The topological polar surface area (TPSA) is 44.4 Å². The lowest BCUT2D eigenvalue weighted by Crippen LogP contribution is -2.57. The number of piperazine rings is 1. The van der Waals surface area contributed by atoms with Gasteiger partial charge in [0, 0.05) is 37.7 Å². The largest absolute Gasteiger partial charge is 0.405 e. The summed E-state index contributed by atoms with van der Waals surface area (Å²) in [4.78, 5) is 13.3. The predicted molar refractivity (Wildman–Crippen MR) is 82.5 cm³/mol. The Morgan fingerprint density at radius 1 is 1.30 bits per heavy atom. The van der Waals surface area contributed by atoms with Gasteiger partial charge in [-0.05, 0) is 11.6 Å². The molecule has 23 heavy (non-hydrogen) atoms. The molecule has 1 fully saturated rings. The number of halogens is 4. The SMILES string of the molecule is O=C(Cc1ccccc1Cl)NCC(N1CCNCC1)C(F)(F)F. The lowest BCUT2D eigenvalue weighted by atomic mass is 10.1. The number of carbonyl (C=O) groups is 1. The molecule has 0 radical (unpaired) electrons. The molecule has 2 rings (SSSR count). The van der Waals surface area contributed by atoms with Gasteiger partial charge in [-0.3, -0.25) is 9.69 Å². The van der Waals surface area contributed by atoms with Crippen LogP contribution in [0.3, 0.4) is 0 Å². The molecule has 0 spiro atoms. The number of hydrogen-bond donors (Lipinski definition) is 2. The summed E-state index contributed by atoms with van der Waals surface area (Å²) in [7, 11) is 0. The number of alkyl halides is 3. The second-order valence-electron chi connectivity index (χ2n) is 5.42. The normalized spacial score (nSPS) is 17.7. The summed E-state index contributed by atoms with van der Waals surface area (Å²) in [6, 6.07) is 5.12. The van der Waals surface area contributed by atoms with E-state index in [1.807, 2.05) is 0 Å². The van der Waals surface area contributed by atoms with Crippen LogP contribution in [0.4, 0.5) is 13.2 Å². The quantitative estimate of drug-likeness (QED) is 0.852. The van der Waals surface area contributed by atoms with Gasteiger partial charge in [-0.15, -0.1) is 0 Å². The third kappa shape index (κ3) is 5.37. The standard InChI is InChI=1S/C15H19ClF3N3O/c16-12-4-2-1-3-11(12)9-14(23)21-10-13(15(17,18)19)22-7-5-20-6-8-22/h1-4,13,20H,5-10H2,(H,21,23). The van der Waals surface area contributed by atoms with Gasteiger partial charge in [-0.25, -0.2) is 0 Å². The maximum atomic E-state index is 13.2. The minimum Gasteiger partial charge on any atom is -0.354 e. The first-order chi connectivity index (χ1) is 10.9. The van der Waals surface area contributed by atoms with Crippen LogP contribution in [0.5, 0.6) is 0 Å². The van der Waals surface area contributed by atoms with Crippen LogP contribution in [0, 0.1) is 0 Å². The van der Waals surface area contributed by atoms with E-state index in [0.29, 0.717) is 36.8 Å². The van der Waals surface area contributed by atoms with E-state index in [-0.39, 0.29) is 6.42 Å². The van der Waals surface area contributed by atoms with Gasteiger partial charge >= 0.3 is 6.18 Å². The minimum atomic E-state index is -4.38. The Bertz CT molecular complexity index is 533. The first-order valence-corrected chi connectivity index (χ1v) is 7.77. The van der Waals surface area contributed by atoms with Crippen LogP contribution in [0.15, 0.2) is 24.3 Å². The zero-order chi connectivity index (χ0) is 16.9. The van der Waals surface area contributed by atoms with Crippen molar-refractivity contribution in [3.8, 4) is 0 Å². The number of nitrogens with one attached hydrogen (secondary N) is 2. The summed E-state index contributed by atoms with van der Waals surface area (Å²) in [5.41, 5.74) is 0.595. The average molecular weight is 350 g/mol.